The zero-order valence-corrected chi connectivity index (χ0v) is 15.5. The molecule has 0 radical (unpaired) electrons. The summed E-state index contributed by atoms with van der Waals surface area (Å²) in [5.74, 6) is -0.731. The van der Waals surface area contributed by atoms with Crippen LogP contribution in [-0.2, 0) is 4.79 Å². The van der Waals surface area contributed by atoms with Crippen molar-refractivity contribution >= 4 is 29.9 Å². The number of hydrogen-bond donors (Lipinski definition) is 1. The molecule has 1 aliphatic heterocycles. The standard InChI is InChI=1S/C19H20ClFN2O.ClH/c1-13(14-5-4-6-15(21)11-14)19(24)23-10-9-22-12-18(23)16-7-2-3-8-17(16)20;/h2-8,11,13,18,22H,9-10,12H2,1H3;1H. The summed E-state index contributed by atoms with van der Waals surface area (Å²) in [5.41, 5.74) is 1.63. The summed E-state index contributed by atoms with van der Waals surface area (Å²) in [4.78, 5) is 14.9. The molecule has 0 saturated carbocycles. The Morgan fingerprint density at radius 1 is 1.28 bits per heavy atom. The van der Waals surface area contributed by atoms with Crippen LogP contribution in [0.4, 0.5) is 4.39 Å². The van der Waals surface area contributed by atoms with Gasteiger partial charge in [0.05, 0.1) is 12.0 Å². The number of carbonyl (C=O) groups excluding carboxylic acids is 1. The van der Waals surface area contributed by atoms with Crippen molar-refractivity contribution < 1.29 is 9.18 Å². The van der Waals surface area contributed by atoms with Crippen LogP contribution in [0.5, 0.6) is 0 Å². The lowest BCUT2D eigenvalue weighted by atomic mass is 9.96. The molecule has 2 aromatic rings. The summed E-state index contributed by atoms with van der Waals surface area (Å²) in [6, 6.07) is 13.7. The number of carbonyl (C=O) groups is 1. The Labute approximate surface area is 158 Å². The third-order valence-electron chi connectivity index (χ3n) is 4.51. The Morgan fingerprint density at radius 3 is 2.76 bits per heavy atom. The highest BCUT2D eigenvalue weighted by atomic mass is 35.5. The first-order valence-electron chi connectivity index (χ1n) is 8.09. The average Bonchev–Trinajstić information content (AvgIpc) is 2.61. The molecular weight excluding hydrogens is 362 g/mol. The van der Waals surface area contributed by atoms with Gasteiger partial charge in [-0.15, -0.1) is 12.4 Å². The van der Waals surface area contributed by atoms with E-state index in [1.807, 2.05) is 36.1 Å². The molecule has 0 bridgehead atoms. The zero-order chi connectivity index (χ0) is 17.1. The van der Waals surface area contributed by atoms with Gasteiger partial charge in [-0.25, -0.2) is 4.39 Å². The largest absolute Gasteiger partial charge is 0.333 e. The minimum absolute atomic E-state index is 0. The van der Waals surface area contributed by atoms with Crippen LogP contribution in [0, 0.1) is 5.82 Å². The fourth-order valence-corrected chi connectivity index (χ4v) is 3.42. The van der Waals surface area contributed by atoms with Gasteiger partial charge in [-0.05, 0) is 36.2 Å². The fourth-order valence-electron chi connectivity index (χ4n) is 3.16. The fraction of sp³-hybridized carbons (Fsp3) is 0.316. The lowest BCUT2D eigenvalue weighted by molar-refractivity contribution is -0.135. The summed E-state index contributed by atoms with van der Waals surface area (Å²) in [7, 11) is 0. The maximum Gasteiger partial charge on any atom is 0.230 e. The number of rotatable bonds is 3. The average molecular weight is 383 g/mol. The molecule has 1 fully saturated rings. The molecule has 1 aliphatic rings. The molecule has 1 heterocycles. The van der Waals surface area contributed by atoms with Gasteiger partial charge in [0.1, 0.15) is 5.82 Å². The molecule has 3 rings (SSSR count). The molecule has 1 N–H and O–H groups in total. The first-order valence-corrected chi connectivity index (χ1v) is 8.47. The van der Waals surface area contributed by atoms with E-state index in [1.54, 1.807) is 12.1 Å². The predicted octanol–water partition coefficient (Wildman–Crippen LogP) is 4.18. The lowest BCUT2D eigenvalue weighted by Gasteiger charge is -2.38. The number of hydrogen-bond acceptors (Lipinski definition) is 2. The van der Waals surface area contributed by atoms with Gasteiger partial charge in [0.25, 0.3) is 0 Å². The van der Waals surface area contributed by atoms with E-state index in [9.17, 15) is 9.18 Å². The van der Waals surface area contributed by atoms with Crippen LogP contribution in [0.1, 0.15) is 30.0 Å². The van der Waals surface area contributed by atoms with Crippen molar-refractivity contribution in [1.29, 1.82) is 0 Å². The third-order valence-corrected chi connectivity index (χ3v) is 4.85. The van der Waals surface area contributed by atoms with Gasteiger partial charge in [0, 0.05) is 24.7 Å². The van der Waals surface area contributed by atoms with Crippen molar-refractivity contribution in [3.05, 3.63) is 70.5 Å². The van der Waals surface area contributed by atoms with Gasteiger partial charge in [-0.3, -0.25) is 4.79 Å². The van der Waals surface area contributed by atoms with Gasteiger partial charge in [-0.1, -0.05) is 41.9 Å². The topological polar surface area (TPSA) is 32.3 Å². The van der Waals surface area contributed by atoms with E-state index in [0.29, 0.717) is 23.7 Å². The number of amides is 1. The number of halogens is 3. The summed E-state index contributed by atoms with van der Waals surface area (Å²) in [6.07, 6.45) is 0. The molecule has 3 nitrogen and oxygen atoms in total. The molecule has 25 heavy (non-hydrogen) atoms. The van der Waals surface area contributed by atoms with E-state index in [0.717, 1.165) is 12.1 Å². The summed E-state index contributed by atoms with van der Waals surface area (Å²) >= 11 is 6.33. The quantitative estimate of drug-likeness (QED) is 0.863. The van der Waals surface area contributed by atoms with E-state index in [1.165, 1.54) is 12.1 Å². The third kappa shape index (κ3) is 4.32. The highest BCUT2D eigenvalue weighted by Gasteiger charge is 2.32. The molecular formula is C19H21Cl2FN2O. The molecule has 0 aliphatic carbocycles. The van der Waals surface area contributed by atoms with E-state index < -0.39 is 5.92 Å². The zero-order valence-electron chi connectivity index (χ0n) is 13.9. The predicted molar refractivity (Wildman–Crippen MR) is 101 cm³/mol. The monoisotopic (exact) mass is 382 g/mol. The first kappa shape index (κ1) is 19.7. The second-order valence-corrected chi connectivity index (χ2v) is 6.46. The van der Waals surface area contributed by atoms with Crippen molar-refractivity contribution in [1.82, 2.24) is 10.2 Å². The summed E-state index contributed by atoms with van der Waals surface area (Å²) < 4.78 is 13.5. The Morgan fingerprint density at radius 2 is 2.04 bits per heavy atom. The maximum absolute atomic E-state index is 13.5. The van der Waals surface area contributed by atoms with Crippen molar-refractivity contribution in [2.75, 3.05) is 19.6 Å². The van der Waals surface area contributed by atoms with Crippen molar-refractivity contribution in [3.8, 4) is 0 Å². The highest BCUT2D eigenvalue weighted by molar-refractivity contribution is 6.31. The van der Waals surface area contributed by atoms with Crippen LogP contribution in [0.3, 0.4) is 0 Å². The number of nitrogens with one attached hydrogen (secondary N) is 1. The minimum Gasteiger partial charge on any atom is -0.333 e. The molecule has 6 heteroatoms. The summed E-state index contributed by atoms with van der Waals surface area (Å²) in [5, 5.41) is 3.98. The molecule has 1 saturated heterocycles. The van der Waals surface area contributed by atoms with Gasteiger partial charge >= 0.3 is 0 Å². The van der Waals surface area contributed by atoms with Crippen LogP contribution >= 0.6 is 24.0 Å². The van der Waals surface area contributed by atoms with Crippen molar-refractivity contribution in [3.63, 3.8) is 0 Å². The SMILES string of the molecule is CC(C(=O)N1CCNCC1c1ccccc1Cl)c1cccc(F)c1.Cl. The van der Waals surface area contributed by atoms with E-state index >= 15 is 0 Å². The highest BCUT2D eigenvalue weighted by Crippen LogP contribution is 2.31. The molecule has 134 valence electrons. The van der Waals surface area contributed by atoms with Crippen LogP contribution < -0.4 is 5.32 Å². The normalized spacial score (nSPS) is 18.4. The van der Waals surface area contributed by atoms with E-state index in [4.69, 9.17) is 11.6 Å². The minimum atomic E-state index is -0.399. The Balaban J connectivity index is 0.00000225. The second-order valence-electron chi connectivity index (χ2n) is 6.05. The number of benzene rings is 2. The van der Waals surface area contributed by atoms with Crippen LogP contribution in [0.15, 0.2) is 48.5 Å². The molecule has 2 unspecified atom stereocenters. The number of piperazine rings is 1. The van der Waals surface area contributed by atoms with E-state index in [2.05, 4.69) is 5.32 Å². The molecule has 1 amide bonds. The lowest BCUT2D eigenvalue weighted by Crippen LogP contribution is -2.49. The Kier molecular flexibility index (Phi) is 6.82. The van der Waals surface area contributed by atoms with Crippen molar-refractivity contribution in [2.45, 2.75) is 18.9 Å². The molecule has 0 spiro atoms. The van der Waals surface area contributed by atoms with Crippen LogP contribution in [-0.4, -0.2) is 30.4 Å². The molecule has 2 aromatic carbocycles. The maximum atomic E-state index is 13.5. The Bertz CT molecular complexity index is 741. The van der Waals surface area contributed by atoms with Crippen molar-refractivity contribution in [2.24, 2.45) is 0 Å². The first-order chi connectivity index (χ1) is 11.6. The molecule has 0 aromatic heterocycles. The van der Waals surface area contributed by atoms with E-state index in [-0.39, 0.29) is 30.2 Å². The summed E-state index contributed by atoms with van der Waals surface area (Å²) in [6.45, 7) is 3.82. The van der Waals surface area contributed by atoms with Gasteiger partial charge < -0.3 is 10.2 Å². The van der Waals surface area contributed by atoms with Gasteiger partial charge in [0.2, 0.25) is 5.91 Å². The number of nitrogens with zero attached hydrogens (tertiary/aromatic N) is 1. The Hall–Kier alpha value is -1.62. The smallest absolute Gasteiger partial charge is 0.230 e. The van der Waals surface area contributed by atoms with Crippen LogP contribution in [0.2, 0.25) is 5.02 Å². The molecule has 2 atom stereocenters. The second kappa shape index (κ2) is 8.65. The van der Waals surface area contributed by atoms with Gasteiger partial charge in [-0.2, -0.15) is 0 Å². The van der Waals surface area contributed by atoms with Crippen LogP contribution in [0.25, 0.3) is 0 Å². The van der Waals surface area contributed by atoms with Gasteiger partial charge in [0.15, 0.2) is 0 Å².